The zero-order valence-corrected chi connectivity index (χ0v) is 10.4. The first kappa shape index (κ1) is 14.7. The molecule has 0 heterocycles. The van der Waals surface area contributed by atoms with E-state index in [1.165, 1.54) is 0 Å². The monoisotopic (exact) mass is 230 g/mol. The van der Waals surface area contributed by atoms with Gasteiger partial charge in [0.05, 0.1) is 0 Å². The van der Waals surface area contributed by atoms with Crippen molar-refractivity contribution in [3.63, 3.8) is 0 Å². The van der Waals surface area contributed by atoms with Gasteiger partial charge in [0.25, 0.3) is 0 Å². The molecule has 16 heavy (non-hydrogen) atoms. The number of aliphatic carboxylic acids is 1. The van der Waals surface area contributed by atoms with E-state index < -0.39 is 18.0 Å². The van der Waals surface area contributed by atoms with Crippen molar-refractivity contribution in [1.82, 2.24) is 10.6 Å². The van der Waals surface area contributed by atoms with E-state index in [4.69, 9.17) is 5.11 Å². The molecule has 0 radical (unpaired) electrons. The summed E-state index contributed by atoms with van der Waals surface area (Å²) in [5, 5.41) is 14.0. The lowest BCUT2D eigenvalue weighted by molar-refractivity contribution is -0.140. The highest BCUT2D eigenvalue weighted by atomic mass is 16.4. The third-order valence-corrected chi connectivity index (χ3v) is 2.53. The zero-order valence-electron chi connectivity index (χ0n) is 10.4. The van der Waals surface area contributed by atoms with Crippen molar-refractivity contribution in [2.24, 2.45) is 11.8 Å². The molecule has 2 atom stereocenters. The summed E-state index contributed by atoms with van der Waals surface area (Å²) in [6.07, 6.45) is 0.979. The maximum Gasteiger partial charge on any atom is 0.326 e. The van der Waals surface area contributed by atoms with E-state index in [-0.39, 0.29) is 5.92 Å². The van der Waals surface area contributed by atoms with Crippen molar-refractivity contribution in [2.45, 2.75) is 40.2 Å². The summed E-state index contributed by atoms with van der Waals surface area (Å²) in [4.78, 5) is 22.2. The van der Waals surface area contributed by atoms with Gasteiger partial charge in [0.1, 0.15) is 6.04 Å². The molecule has 0 aliphatic rings. The molecule has 0 fully saturated rings. The third-order valence-electron chi connectivity index (χ3n) is 2.53. The van der Waals surface area contributed by atoms with Gasteiger partial charge in [0.15, 0.2) is 0 Å². The first-order valence-corrected chi connectivity index (χ1v) is 5.65. The summed E-state index contributed by atoms with van der Waals surface area (Å²) in [6, 6.07) is -1.25. The van der Waals surface area contributed by atoms with Crippen LogP contribution in [0.3, 0.4) is 0 Å². The lowest BCUT2D eigenvalue weighted by atomic mass is 10.1. The van der Waals surface area contributed by atoms with Gasteiger partial charge in [0, 0.05) is 6.54 Å². The zero-order chi connectivity index (χ0) is 12.7. The average Bonchev–Trinajstić information content (AvgIpc) is 2.21. The lowest BCUT2D eigenvalue weighted by Crippen LogP contribution is -2.49. The maximum absolute atomic E-state index is 11.4. The number of carboxylic acid groups (broad SMARTS) is 1. The van der Waals surface area contributed by atoms with Gasteiger partial charge in [-0.2, -0.15) is 0 Å². The minimum atomic E-state index is -1.01. The van der Waals surface area contributed by atoms with Crippen molar-refractivity contribution in [3.8, 4) is 0 Å². The average molecular weight is 230 g/mol. The van der Waals surface area contributed by atoms with Gasteiger partial charge in [0.2, 0.25) is 0 Å². The van der Waals surface area contributed by atoms with E-state index in [2.05, 4.69) is 10.6 Å². The van der Waals surface area contributed by atoms with Crippen LogP contribution in [-0.4, -0.2) is 29.7 Å². The number of carboxylic acids is 1. The number of amides is 2. The number of rotatable bonds is 6. The van der Waals surface area contributed by atoms with Crippen molar-refractivity contribution < 1.29 is 14.7 Å². The molecule has 94 valence electrons. The molecule has 3 N–H and O–H groups in total. The molecule has 0 aromatic carbocycles. The minimum Gasteiger partial charge on any atom is -0.480 e. The standard InChI is InChI=1S/C11H22N2O3/c1-5-8(4)6-12-11(16)13-9(7(2)3)10(14)15/h7-9H,5-6H2,1-4H3,(H,14,15)(H2,12,13,16)/t8?,9-/m1/s1. The Labute approximate surface area is 96.6 Å². The fourth-order valence-electron chi connectivity index (χ4n) is 1.12. The van der Waals surface area contributed by atoms with Gasteiger partial charge in [-0.25, -0.2) is 9.59 Å². The molecule has 0 aliphatic carbocycles. The molecule has 5 heteroatoms. The van der Waals surface area contributed by atoms with Crippen LogP contribution < -0.4 is 10.6 Å². The molecule has 1 unspecified atom stereocenters. The number of hydrogen-bond acceptors (Lipinski definition) is 2. The highest BCUT2D eigenvalue weighted by Gasteiger charge is 2.23. The molecule has 0 aliphatic heterocycles. The quantitative estimate of drug-likeness (QED) is 0.646. The summed E-state index contributed by atoms with van der Waals surface area (Å²) >= 11 is 0. The summed E-state index contributed by atoms with van der Waals surface area (Å²) < 4.78 is 0. The van der Waals surface area contributed by atoms with Gasteiger partial charge in [-0.15, -0.1) is 0 Å². The van der Waals surface area contributed by atoms with Crippen molar-refractivity contribution in [3.05, 3.63) is 0 Å². The van der Waals surface area contributed by atoms with E-state index >= 15 is 0 Å². The normalized spacial score (nSPS) is 14.3. The van der Waals surface area contributed by atoms with Crippen LogP contribution in [0, 0.1) is 11.8 Å². The lowest BCUT2D eigenvalue weighted by Gasteiger charge is -2.19. The molecular weight excluding hydrogens is 208 g/mol. The van der Waals surface area contributed by atoms with E-state index in [0.717, 1.165) is 6.42 Å². The molecule has 2 amide bonds. The molecule has 0 saturated carbocycles. The van der Waals surface area contributed by atoms with Crippen LogP contribution >= 0.6 is 0 Å². The number of carbonyl (C=O) groups is 2. The number of nitrogens with one attached hydrogen (secondary N) is 2. The topological polar surface area (TPSA) is 78.4 Å². The Hall–Kier alpha value is -1.26. The Morgan fingerprint density at radius 2 is 1.81 bits per heavy atom. The summed E-state index contributed by atoms with van der Waals surface area (Å²) in [6.45, 7) is 8.14. The molecule has 0 aromatic heterocycles. The number of urea groups is 1. The smallest absolute Gasteiger partial charge is 0.326 e. The van der Waals surface area contributed by atoms with E-state index in [1.54, 1.807) is 13.8 Å². The Bertz CT molecular complexity index is 241. The van der Waals surface area contributed by atoms with Gasteiger partial charge in [-0.1, -0.05) is 34.1 Å². The largest absolute Gasteiger partial charge is 0.480 e. The van der Waals surface area contributed by atoms with Gasteiger partial charge in [-0.05, 0) is 11.8 Å². The van der Waals surface area contributed by atoms with Crippen molar-refractivity contribution >= 4 is 12.0 Å². The second kappa shape index (κ2) is 7.09. The van der Waals surface area contributed by atoms with Crippen LogP contribution in [0.4, 0.5) is 4.79 Å². The molecule has 5 nitrogen and oxygen atoms in total. The Morgan fingerprint density at radius 1 is 1.25 bits per heavy atom. The predicted octanol–water partition coefficient (Wildman–Crippen LogP) is 1.44. The van der Waals surface area contributed by atoms with Crippen LogP contribution in [0.15, 0.2) is 0 Å². The third kappa shape index (κ3) is 5.58. The summed E-state index contributed by atoms with van der Waals surface area (Å²) in [5.74, 6) is -0.742. The van der Waals surface area contributed by atoms with Crippen LogP contribution in [0.25, 0.3) is 0 Å². The molecule has 0 spiro atoms. The van der Waals surface area contributed by atoms with E-state index in [9.17, 15) is 9.59 Å². The first-order chi connectivity index (χ1) is 7.38. The van der Waals surface area contributed by atoms with Gasteiger partial charge < -0.3 is 15.7 Å². The Balaban J connectivity index is 4.06. The first-order valence-electron chi connectivity index (χ1n) is 5.65. The molecule has 0 rings (SSSR count). The van der Waals surface area contributed by atoms with Crippen LogP contribution in [0.1, 0.15) is 34.1 Å². The minimum absolute atomic E-state index is 0.133. The summed E-state index contributed by atoms with van der Waals surface area (Å²) in [7, 11) is 0. The molecule has 0 saturated heterocycles. The molecular formula is C11H22N2O3. The van der Waals surface area contributed by atoms with Gasteiger partial charge in [-0.3, -0.25) is 0 Å². The maximum atomic E-state index is 11.4. The van der Waals surface area contributed by atoms with Crippen molar-refractivity contribution in [2.75, 3.05) is 6.54 Å². The second-order valence-corrected chi connectivity index (χ2v) is 4.43. The molecule has 0 bridgehead atoms. The van der Waals surface area contributed by atoms with E-state index in [0.29, 0.717) is 12.5 Å². The van der Waals surface area contributed by atoms with Crippen LogP contribution in [-0.2, 0) is 4.79 Å². The fourth-order valence-corrected chi connectivity index (χ4v) is 1.12. The Kier molecular flexibility index (Phi) is 6.53. The van der Waals surface area contributed by atoms with E-state index in [1.807, 2.05) is 13.8 Å². The van der Waals surface area contributed by atoms with Crippen LogP contribution in [0.2, 0.25) is 0 Å². The SMILES string of the molecule is CCC(C)CNC(=O)N[C@@H](C(=O)O)C(C)C. The summed E-state index contributed by atoms with van der Waals surface area (Å²) in [5.41, 5.74) is 0. The number of carbonyl (C=O) groups excluding carboxylic acids is 1. The molecule has 0 aromatic rings. The fraction of sp³-hybridized carbons (Fsp3) is 0.818. The number of hydrogen-bond donors (Lipinski definition) is 3. The Morgan fingerprint density at radius 3 is 2.19 bits per heavy atom. The van der Waals surface area contributed by atoms with Gasteiger partial charge >= 0.3 is 12.0 Å². The van der Waals surface area contributed by atoms with Crippen molar-refractivity contribution in [1.29, 1.82) is 0 Å². The second-order valence-electron chi connectivity index (χ2n) is 4.43. The highest BCUT2D eigenvalue weighted by molar-refractivity contribution is 5.82. The highest BCUT2D eigenvalue weighted by Crippen LogP contribution is 2.01. The van der Waals surface area contributed by atoms with Crippen LogP contribution in [0.5, 0.6) is 0 Å². The predicted molar refractivity (Wildman–Crippen MR) is 62.3 cm³/mol.